The molecule has 0 aliphatic rings. The van der Waals surface area contributed by atoms with Crippen molar-refractivity contribution in [3.63, 3.8) is 0 Å². The molecule has 0 amide bonds. The number of hydrogen-bond acceptors (Lipinski definition) is 3. The minimum absolute atomic E-state index is 0.00560. The lowest BCUT2D eigenvalue weighted by Crippen LogP contribution is -1.96. The normalized spacial score (nSPS) is 12.4. The molecule has 4 aromatic rings. The molecular formula is C17H12FN3O. The average Bonchev–Trinajstić information content (AvgIpc) is 3.02. The van der Waals surface area contributed by atoms with E-state index in [1.54, 1.807) is 35.3 Å². The summed E-state index contributed by atoms with van der Waals surface area (Å²) in [4.78, 5) is 8.37. The molecule has 4 rings (SSSR count). The van der Waals surface area contributed by atoms with Crippen molar-refractivity contribution in [1.29, 1.82) is 0 Å². The zero-order chi connectivity index (χ0) is 16.7. The van der Waals surface area contributed by atoms with Gasteiger partial charge in [0, 0.05) is 29.3 Å². The van der Waals surface area contributed by atoms with E-state index in [1.165, 1.54) is 6.07 Å². The Balaban J connectivity index is 1.97. The zero-order valence-corrected chi connectivity index (χ0v) is 11.5. The molecule has 0 fully saturated rings. The minimum Gasteiger partial charge on any atom is -0.463 e. The van der Waals surface area contributed by atoms with E-state index in [0.717, 1.165) is 10.9 Å². The van der Waals surface area contributed by atoms with Gasteiger partial charge in [-0.25, -0.2) is 9.37 Å². The predicted octanol–water partition coefficient (Wildman–Crippen LogP) is 3.88. The first-order valence-corrected chi connectivity index (χ1v) is 6.70. The summed E-state index contributed by atoms with van der Waals surface area (Å²) in [5.41, 5.74) is 0.814. The van der Waals surface area contributed by atoms with E-state index in [2.05, 4.69) is 9.97 Å². The van der Waals surface area contributed by atoms with Crippen molar-refractivity contribution in [2.24, 2.45) is 0 Å². The standard InChI is InChI=1S/C17H12FN3O/c18-11-22-15-2-1-13-8-17(20-9-14(13)7-15)21-6-4-12-3-5-19-10-16(12)21/h1-10H,11H2/i8D,9D. The smallest absolute Gasteiger partial charge is 0.228 e. The van der Waals surface area contributed by atoms with Crippen molar-refractivity contribution in [2.45, 2.75) is 0 Å². The van der Waals surface area contributed by atoms with E-state index in [1.807, 2.05) is 12.1 Å². The second-order valence-electron chi connectivity index (χ2n) is 4.75. The molecule has 0 saturated carbocycles. The van der Waals surface area contributed by atoms with Gasteiger partial charge in [-0.05, 0) is 35.7 Å². The van der Waals surface area contributed by atoms with Crippen molar-refractivity contribution in [3.8, 4) is 11.6 Å². The van der Waals surface area contributed by atoms with Crippen LogP contribution in [0.2, 0.25) is 0 Å². The fraction of sp³-hybridized carbons (Fsp3) is 0.0588. The van der Waals surface area contributed by atoms with Gasteiger partial charge in [-0.3, -0.25) is 9.55 Å². The van der Waals surface area contributed by atoms with Gasteiger partial charge < -0.3 is 4.74 Å². The van der Waals surface area contributed by atoms with Crippen molar-refractivity contribution < 1.29 is 11.9 Å². The molecule has 3 heterocycles. The lowest BCUT2D eigenvalue weighted by Gasteiger charge is -2.07. The second-order valence-corrected chi connectivity index (χ2v) is 4.75. The Labute approximate surface area is 128 Å². The fourth-order valence-electron chi connectivity index (χ4n) is 2.41. The SMILES string of the molecule is [2H]c1nc(-n2ccc3ccncc32)c([2H])c2ccc(OCF)cc12. The highest BCUT2D eigenvalue weighted by Crippen LogP contribution is 2.24. The molecule has 4 nitrogen and oxygen atoms in total. The molecule has 0 N–H and O–H groups in total. The van der Waals surface area contributed by atoms with Gasteiger partial charge in [0.1, 0.15) is 11.6 Å². The van der Waals surface area contributed by atoms with Crippen molar-refractivity contribution >= 4 is 21.7 Å². The van der Waals surface area contributed by atoms with Gasteiger partial charge in [0.05, 0.1) is 14.5 Å². The fourth-order valence-corrected chi connectivity index (χ4v) is 2.41. The third kappa shape index (κ3) is 2.07. The molecule has 0 unspecified atom stereocenters. The van der Waals surface area contributed by atoms with Gasteiger partial charge in [-0.15, -0.1) is 0 Å². The van der Waals surface area contributed by atoms with Crippen LogP contribution in [0.15, 0.2) is 61.1 Å². The summed E-state index contributed by atoms with van der Waals surface area (Å²) < 4.78 is 35.5. The number of alkyl halides is 1. The molecule has 3 aromatic heterocycles. The lowest BCUT2D eigenvalue weighted by atomic mass is 10.1. The zero-order valence-electron chi connectivity index (χ0n) is 13.5. The molecule has 0 bridgehead atoms. The molecule has 0 radical (unpaired) electrons. The van der Waals surface area contributed by atoms with Crippen LogP contribution in [-0.4, -0.2) is 21.4 Å². The van der Waals surface area contributed by atoms with E-state index in [0.29, 0.717) is 22.3 Å². The van der Waals surface area contributed by atoms with Crippen LogP contribution in [0.25, 0.3) is 27.5 Å². The Bertz CT molecular complexity index is 1060. The summed E-state index contributed by atoms with van der Waals surface area (Å²) in [6, 6.07) is 8.73. The van der Waals surface area contributed by atoms with Gasteiger partial charge >= 0.3 is 0 Å². The third-order valence-corrected chi connectivity index (χ3v) is 3.46. The van der Waals surface area contributed by atoms with E-state index in [9.17, 15) is 4.39 Å². The highest BCUT2D eigenvalue weighted by molar-refractivity contribution is 5.86. The number of halogens is 1. The summed E-state index contributed by atoms with van der Waals surface area (Å²) in [5.74, 6) is 0.665. The first-order chi connectivity index (χ1) is 11.7. The number of hydrogen-bond donors (Lipinski definition) is 0. The first-order valence-electron chi connectivity index (χ1n) is 7.70. The minimum atomic E-state index is -0.944. The number of benzene rings is 1. The Morgan fingerprint density at radius 1 is 1.18 bits per heavy atom. The number of pyridine rings is 2. The van der Waals surface area contributed by atoms with Crippen LogP contribution in [0.4, 0.5) is 4.39 Å². The number of ether oxygens (including phenoxy) is 1. The topological polar surface area (TPSA) is 39.9 Å². The van der Waals surface area contributed by atoms with Crippen LogP contribution in [0, 0.1) is 0 Å². The number of rotatable bonds is 3. The third-order valence-electron chi connectivity index (χ3n) is 3.46. The van der Waals surface area contributed by atoms with Crippen molar-refractivity contribution in [1.82, 2.24) is 14.5 Å². The Morgan fingerprint density at radius 2 is 2.14 bits per heavy atom. The Kier molecular flexibility index (Phi) is 2.49. The summed E-state index contributed by atoms with van der Waals surface area (Å²) >= 11 is 0. The average molecular weight is 295 g/mol. The molecule has 0 saturated heterocycles. The van der Waals surface area contributed by atoms with E-state index < -0.39 is 6.86 Å². The quantitative estimate of drug-likeness (QED) is 0.576. The Morgan fingerprint density at radius 3 is 3.05 bits per heavy atom. The van der Waals surface area contributed by atoms with Crippen LogP contribution in [0.3, 0.4) is 0 Å². The molecule has 0 atom stereocenters. The maximum absolute atomic E-state index is 12.3. The lowest BCUT2D eigenvalue weighted by molar-refractivity contribution is 0.192. The maximum atomic E-state index is 12.3. The van der Waals surface area contributed by atoms with Crippen LogP contribution < -0.4 is 4.74 Å². The molecule has 108 valence electrons. The van der Waals surface area contributed by atoms with Crippen LogP contribution in [0.1, 0.15) is 2.74 Å². The molecule has 5 heteroatoms. The molecular weight excluding hydrogens is 281 g/mol. The molecule has 22 heavy (non-hydrogen) atoms. The van der Waals surface area contributed by atoms with Crippen molar-refractivity contribution in [3.05, 3.63) is 61.1 Å². The van der Waals surface area contributed by atoms with E-state index in [-0.39, 0.29) is 12.2 Å². The van der Waals surface area contributed by atoms with Crippen LogP contribution >= 0.6 is 0 Å². The highest BCUT2D eigenvalue weighted by atomic mass is 19.1. The molecule has 0 aliphatic carbocycles. The number of fused-ring (bicyclic) bond motifs is 2. The molecule has 1 aromatic carbocycles. The Hall–Kier alpha value is -2.95. The van der Waals surface area contributed by atoms with Gasteiger partial charge in [0.2, 0.25) is 6.86 Å². The van der Waals surface area contributed by atoms with E-state index >= 15 is 0 Å². The van der Waals surface area contributed by atoms with Gasteiger partial charge in [-0.1, -0.05) is 6.07 Å². The predicted molar refractivity (Wildman–Crippen MR) is 83.0 cm³/mol. The highest BCUT2D eigenvalue weighted by Gasteiger charge is 2.06. The molecule has 0 aliphatic heterocycles. The first kappa shape index (κ1) is 10.7. The second kappa shape index (κ2) is 5.11. The monoisotopic (exact) mass is 295 g/mol. The summed E-state index contributed by atoms with van der Waals surface area (Å²) in [7, 11) is 0. The van der Waals surface area contributed by atoms with Gasteiger partial charge in [0.25, 0.3) is 0 Å². The van der Waals surface area contributed by atoms with Gasteiger partial charge in [-0.2, -0.15) is 0 Å². The van der Waals surface area contributed by atoms with Crippen molar-refractivity contribution in [2.75, 3.05) is 6.86 Å². The van der Waals surface area contributed by atoms with E-state index in [4.69, 9.17) is 7.48 Å². The summed E-state index contributed by atoms with van der Waals surface area (Å²) in [5, 5.41) is 1.98. The van der Waals surface area contributed by atoms with Gasteiger partial charge in [0.15, 0.2) is 0 Å². The molecule has 0 spiro atoms. The largest absolute Gasteiger partial charge is 0.463 e. The van der Waals surface area contributed by atoms with Crippen LogP contribution in [0.5, 0.6) is 5.75 Å². The summed E-state index contributed by atoms with van der Waals surface area (Å²) in [6.45, 7) is -0.944. The number of aromatic nitrogens is 3. The maximum Gasteiger partial charge on any atom is 0.228 e. The summed E-state index contributed by atoms with van der Waals surface area (Å²) in [6.07, 6.45) is 5.21. The van der Waals surface area contributed by atoms with Crippen LogP contribution in [-0.2, 0) is 0 Å². The number of nitrogens with zero attached hydrogens (tertiary/aromatic N) is 3.